The zero-order valence-corrected chi connectivity index (χ0v) is 17.1. The number of fused-ring (bicyclic) bond motifs is 1. The fourth-order valence-corrected chi connectivity index (χ4v) is 4.32. The zero-order chi connectivity index (χ0) is 19.8. The number of thiophene rings is 1. The summed E-state index contributed by atoms with van der Waals surface area (Å²) in [4.78, 5) is 23.0. The summed E-state index contributed by atoms with van der Waals surface area (Å²) >= 11 is 1.49. The number of pyridine rings is 1. The molecule has 4 aromatic rings. The van der Waals surface area contributed by atoms with Crippen LogP contribution in [0.1, 0.15) is 22.4 Å². The lowest BCUT2D eigenvalue weighted by atomic mass is 10.1. The molecular formula is C22H21N3O2S. The van der Waals surface area contributed by atoms with E-state index in [4.69, 9.17) is 4.74 Å². The number of nitrogens with zero attached hydrogens (tertiary/aromatic N) is 3. The van der Waals surface area contributed by atoms with Crippen molar-refractivity contribution in [2.45, 2.75) is 27.3 Å². The van der Waals surface area contributed by atoms with E-state index in [0.29, 0.717) is 11.9 Å². The summed E-state index contributed by atoms with van der Waals surface area (Å²) in [7, 11) is 1.65. The van der Waals surface area contributed by atoms with Crippen LogP contribution in [-0.4, -0.2) is 21.6 Å². The summed E-state index contributed by atoms with van der Waals surface area (Å²) in [6.45, 7) is 6.33. The predicted molar refractivity (Wildman–Crippen MR) is 113 cm³/mol. The van der Waals surface area contributed by atoms with Crippen molar-refractivity contribution >= 4 is 21.6 Å². The first-order chi connectivity index (χ1) is 13.5. The highest BCUT2D eigenvalue weighted by molar-refractivity contribution is 7.17. The average molecular weight is 391 g/mol. The molecule has 0 amide bonds. The molecule has 4 rings (SSSR count). The lowest BCUT2D eigenvalue weighted by Crippen LogP contribution is -2.22. The Labute approximate surface area is 167 Å². The van der Waals surface area contributed by atoms with Crippen LogP contribution >= 0.6 is 11.3 Å². The molecule has 0 spiro atoms. The van der Waals surface area contributed by atoms with E-state index in [2.05, 4.69) is 29.0 Å². The van der Waals surface area contributed by atoms with E-state index in [1.807, 2.05) is 31.4 Å². The van der Waals surface area contributed by atoms with Crippen molar-refractivity contribution < 1.29 is 4.74 Å². The third-order valence-corrected chi connectivity index (χ3v) is 5.88. The fourth-order valence-electron chi connectivity index (χ4n) is 3.42. The van der Waals surface area contributed by atoms with Gasteiger partial charge in [0, 0.05) is 28.3 Å². The summed E-state index contributed by atoms with van der Waals surface area (Å²) in [5.41, 5.74) is 5.81. The smallest absolute Gasteiger partial charge is 0.263 e. The first kappa shape index (κ1) is 18.4. The lowest BCUT2D eigenvalue weighted by Gasteiger charge is -2.13. The Balaban J connectivity index is 1.82. The summed E-state index contributed by atoms with van der Waals surface area (Å²) < 4.78 is 7.11. The Hall–Kier alpha value is -2.99. The van der Waals surface area contributed by atoms with Crippen LogP contribution < -0.4 is 10.3 Å². The zero-order valence-electron chi connectivity index (χ0n) is 16.3. The molecule has 0 aliphatic rings. The van der Waals surface area contributed by atoms with Crippen LogP contribution in [0.25, 0.3) is 21.3 Å². The van der Waals surface area contributed by atoms with Crippen molar-refractivity contribution in [2.24, 2.45) is 0 Å². The number of hydrogen-bond acceptors (Lipinski definition) is 5. The third-order valence-electron chi connectivity index (χ3n) is 4.99. The average Bonchev–Trinajstić information content (AvgIpc) is 3.12. The number of methoxy groups -OCH3 is 1. The quantitative estimate of drug-likeness (QED) is 0.514. The van der Waals surface area contributed by atoms with E-state index in [1.54, 1.807) is 24.2 Å². The Kier molecular flexibility index (Phi) is 4.73. The molecule has 0 saturated carbocycles. The van der Waals surface area contributed by atoms with Crippen LogP contribution in [0.5, 0.6) is 5.75 Å². The molecule has 3 heterocycles. The molecule has 0 aliphatic carbocycles. The summed E-state index contributed by atoms with van der Waals surface area (Å²) in [5.74, 6) is 0.808. The summed E-state index contributed by atoms with van der Waals surface area (Å²) in [5, 5.41) is 2.67. The van der Waals surface area contributed by atoms with Gasteiger partial charge in [-0.2, -0.15) is 0 Å². The van der Waals surface area contributed by atoms with E-state index in [-0.39, 0.29) is 5.56 Å². The van der Waals surface area contributed by atoms with Crippen LogP contribution in [0.3, 0.4) is 0 Å². The highest BCUT2D eigenvalue weighted by Gasteiger charge is 2.15. The number of rotatable bonds is 4. The highest BCUT2D eigenvalue weighted by Crippen LogP contribution is 2.31. The van der Waals surface area contributed by atoms with Crippen molar-refractivity contribution in [1.82, 2.24) is 14.5 Å². The van der Waals surface area contributed by atoms with Crippen LogP contribution in [0.4, 0.5) is 0 Å². The Morgan fingerprint density at radius 2 is 1.86 bits per heavy atom. The molecule has 3 aromatic heterocycles. The molecule has 5 nitrogen and oxygen atoms in total. The molecule has 0 aliphatic heterocycles. The van der Waals surface area contributed by atoms with Crippen molar-refractivity contribution in [1.29, 1.82) is 0 Å². The van der Waals surface area contributed by atoms with Crippen LogP contribution in [0, 0.1) is 20.8 Å². The molecule has 142 valence electrons. The number of hydrogen-bond donors (Lipinski definition) is 0. The van der Waals surface area contributed by atoms with Gasteiger partial charge in [-0.25, -0.2) is 4.98 Å². The van der Waals surface area contributed by atoms with Gasteiger partial charge in [-0.15, -0.1) is 11.3 Å². The standard InChI is InChI=1S/C22H21N3O2S/c1-13-5-7-16(8-6-13)17-11-28-21-19(17)22(26)25(12-24-21)10-18-15(3)20(27-4)14(2)9-23-18/h5-9,11-12H,10H2,1-4H3. The topological polar surface area (TPSA) is 57.0 Å². The van der Waals surface area contributed by atoms with Crippen molar-refractivity contribution in [2.75, 3.05) is 7.11 Å². The van der Waals surface area contributed by atoms with Gasteiger partial charge < -0.3 is 4.74 Å². The molecule has 1 aromatic carbocycles. The van der Waals surface area contributed by atoms with Gasteiger partial charge in [0.1, 0.15) is 10.6 Å². The third kappa shape index (κ3) is 3.10. The minimum Gasteiger partial charge on any atom is -0.496 e. The van der Waals surface area contributed by atoms with Gasteiger partial charge in [-0.05, 0) is 26.3 Å². The maximum atomic E-state index is 13.3. The highest BCUT2D eigenvalue weighted by atomic mass is 32.1. The molecule has 0 atom stereocenters. The van der Waals surface area contributed by atoms with Crippen molar-refractivity contribution in [3.05, 3.63) is 74.9 Å². The maximum Gasteiger partial charge on any atom is 0.263 e. The molecule has 0 unspecified atom stereocenters. The minimum atomic E-state index is -0.0532. The first-order valence-electron chi connectivity index (χ1n) is 9.02. The number of benzene rings is 1. The van der Waals surface area contributed by atoms with Gasteiger partial charge in [0.2, 0.25) is 0 Å². The number of ether oxygens (including phenoxy) is 1. The van der Waals surface area contributed by atoms with Crippen LogP contribution in [-0.2, 0) is 6.54 Å². The first-order valence-corrected chi connectivity index (χ1v) is 9.90. The van der Waals surface area contributed by atoms with Gasteiger partial charge in [0.15, 0.2) is 0 Å². The minimum absolute atomic E-state index is 0.0532. The van der Waals surface area contributed by atoms with Crippen LogP contribution in [0.2, 0.25) is 0 Å². The summed E-state index contributed by atoms with van der Waals surface area (Å²) in [6.07, 6.45) is 3.38. The normalized spacial score (nSPS) is 11.1. The van der Waals surface area contributed by atoms with E-state index < -0.39 is 0 Å². The number of aryl methyl sites for hydroxylation is 2. The molecule has 0 radical (unpaired) electrons. The van der Waals surface area contributed by atoms with Gasteiger partial charge in [-0.1, -0.05) is 29.8 Å². The van der Waals surface area contributed by atoms with Crippen molar-refractivity contribution in [3.63, 3.8) is 0 Å². The molecule has 6 heteroatoms. The van der Waals surface area contributed by atoms with Gasteiger partial charge >= 0.3 is 0 Å². The van der Waals surface area contributed by atoms with E-state index in [1.165, 1.54) is 16.9 Å². The van der Waals surface area contributed by atoms with Crippen molar-refractivity contribution in [3.8, 4) is 16.9 Å². The second kappa shape index (κ2) is 7.20. The molecular weight excluding hydrogens is 370 g/mol. The van der Waals surface area contributed by atoms with Gasteiger partial charge in [0.25, 0.3) is 5.56 Å². The van der Waals surface area contributed by atoms with Crippen LogP contribution in [0.15, 0.2) is 47.0 Å². The largest absolute Gasteiger partial charge is 0.496 e. The summed E-state index contributed by atoms with van der Waals surface area (Å²) in [6, 6.07) is 8.20. The second-order valence-electron chi connectivity index (χ2n) is 6.92. The molecule has 0 saturated heterocycles. The fraction of sp³-hybridized carbons (Fsp3) is 0.227. The van der Waals surface area contributed by atoms with Gasteiger partial charge in [-0.3, -0.25) is 14.3 Å². The van der Waals surface area contributed by atoms with Gasteiger partial charge in [0.05, 0.1) is 31.1 Å². The SMILES string of the molecule is COc1c(C)cnc(Cn2cnc3scc(-c4ccc(C)cc4)c3c2=O)c1C. The molecule has 0 N–H and O–H groups in total. The predicted octanol–water partition coefficient (Wildman–Crippen LogP) is 4.50. The van der Waals surface area contributed by atoms with E-state index >= 15 is 0 Å². The molecule has 0 bridgehead atoms. The lowest BCUT2D eigenvalue weighted by molar-refractivity contribution is 0.406. The Morgan fingerprint density at radius 3 is 2.57 bits per heavy atom. The Morgan fingerprint density at radius 1 is 1.11 bits per heavy atom. The Bertz CT molecular complexity index is 1220. The number of aromatic nitrogens is 3. The maximum absolute atomic E-state index is 13.3. The van der Waals surface area contributed by atoms with E-state index in [9.17, 15) is 4.79 Å². The van der Waals surface area contributed by atoms with E-state index in [0.717, 1.165) is 38.5 Å². The molecule has 28 heavy (non-hydrogen) atoms. The second-order valence-corrected chi connectivity index (χ2v) is 7.78. The molecule has 0 fully saturated rings. The monoisotopic (exact) mass is 391 g/mol.